The van der Waals surface area contributed by atoms with Crippen LogP contribution in [0, 0.1) is 0 Å². The third kappa shape index (κ3) is 4.45. The molecule has 4 aromatic rings. The number of amides is 1. The fourth-order valence-corrected chi connectivity index (χ4v) is 4.14. The van der Waals surface area contributed by atoms with Gasteiger partial charge in [-0.2, -0.15) is 0 Å². The summed E-state index contributed by atoms with van der Waals surface area (Å²) in [6.45, 7) is 0.394. The zero-order valence-electron chi connectivity index (χ0n) is 17.0. The summed E-state index contributed by atoms with van der Waals surface area (Å²) in [5.41, 5.74) is 9.51. The Balaban J connectivity index is 1.57. The van der Waals surface area contributed by atoms with Crippen LogP contribution in [0.1, 0.15) is 16.1 Å². The van der Waals surface area contributed by atoms with E-state index in [0.29, 0.717) is 29.1 Å². The summed E-state index contributed by atoms with van der Waals surface area (Å²) in [4.78, 5) is 17.0. The Morgan fingerprint density at radius 3 is 2.47 bits per heavy atom. The number of carbonyl (C=O) groups excluding carboxylic acids is 1. The number of rotatable bonds is 6. The van der Waals surface area contributed by atoms with Crippen LogP contribution in [-0.4, -0.2) is 23.9 Å². The van der Waals surface area contributed by atoms with E-state index in [2.05, 4.69) is 10.3 Å². The van der Waals surface area contributed by atoms with E-state index in [4.69, 9.17) is 10.9 Å². The molecule has 5 N–H and O–H groups in total. The molecule has 0 radical (unpaired) electrons. The molecular weight excluding hydrogens is 426 g/mol. The van der Waals surface area contributed by atoms with E-state index in [-0.39, 0.29) is 10.8 Å². The Labute approximate surface area is 185 Å². The number of primary sulfonamides is 1. The quantitative estimate of drug-likeness (QED) is 0.418. The van der Waals surface area contributed by atoms with Crippen LogP contribution in [0.2, 0.25) is 0 Å². The zero-order valence-corrected chi connectivity index (χ0v) is 17.8. The first kappa shape index (κ1) is 21.4. The third-order valence-electron chi connectivity index (χ3n) is 4.94. The van der Waals surface area contributed by atoms with Gasteiger partial charge < -0.3 is 11.1 Å². The number of aromatic nitrogens is 2. The van der Waals surface area contributed by atoms with E-state index in [1.165, 1.54) is 12.3 Å². The fourth-order valence-electron chi connectivity index (χ4n) is 3.38. The lowest BCUT2D eigenvalue weighted by Gasteiger charge is -2.11. The molecule has 0 fully saturated rings. The number of sulfonamides is 1. The normalized spacial score (nSPS) is 11.3. The van der Waals surface area contributed by atoms with Crippen LogP contribution in [0.25, 0.3) is 16.8 Å². The molecule has 0 unspecified atom stereocenters. The first-order valence-corrected chi connectivity index (χ1v) is 11.3. The molecule has 162 valence electrons. The second-order valence-electron chi connectivity index (χ2n) is 7.10. The predicted octanol–water partition coefficient (Wildman–Crippen LogP) is 2.90. The number of carbonyl (C=O) groups is 1. The lowest BCUT2D eigenvalue weighted by molar-refractivity contribution is 0.102. The molecule has 1 aromatic heterocycles. The molecule has 4 rings (SSSR count). The molecule has 0 spiro atoms. The lowest BCUT2D eigenvalue weighted by atomic mass is 10.1. The minimum atomic E-state index is -3.86. The summed E-state index contributed by atoms with van der Waals surface area (Å²) in [5, 5.41) is 8.16. The van der Waals surface area contributed by atoms with Gasteiger partial charge in [-0.25, -0.2) is 18.5 Å². The van der Waals surface area contributed by atoms with Crippen LogP contribution in [-0.2, 0) is 16.6 Å². The standard InChI is InChI=1S/C23H21N5O3S/c24-13-16-4-3-5-19(12-16)28-15-26-14-21(28)23(29)27-18-10-8-17(9-11-18)20-6-1-2-7-22(20)32(25,30)31/h1-12,14-15H,13,24H2,(H,27,29)(H2,25,30,31). The van der Waals surface area contributed by atoms with Gasteiger partial charge in [-0.1, -0.05) is 42.5 Å². The van der Waals surface area contributed by atoms with Crippen molar-refractivity contribution in [3.63, 3.8) is 0 Å². The SMILES string of the molecule is NCc1cccc(-n2cncc2C(=O)Nc2ccc(-c3ccccc3S(N)(=O)=O)cc2)c1. The Morgan fingerprint density at radius 2 is 1.75 bits per heavy atom. The van der Waals surface area contributed by atoms with Gasteiger partial charge in [0, 0.05) is 23.5 Å². The molecule has 0 aliphatic heterocycles. The zero-order chi connectivity index (χ0) is 22.7. The number of hydrogen-bond acceptors (Lipinski definition) is 5. The number of nitrogens with one attached hydrogen (secondary N) is 1. The highest BCUT2D eigenvalue weighted by Crippen LogP contribution is 2.27. The number of nitrogens with two attached hydrogens (primary N) is 2. The van der Waals surface area contributed by atoms with Gasteiger partial charge >= 0.3 is 0 Å². The van der Waals surface area contributed by atoms with Crippen molar-refractivity contribution in [3.8, 4) is 16.8 Å². The van der Waals surface area contributed by atoms with Crippen molar-refractivity contribution < 1.29 is 13.2 Å². The molecule has 3 aromatic carbocycles. The average molecular weight is 448 g/mol. The van der Waals surface area contributed by atoms with Crippen molar-refractivity contribution in [1.82, 2.24) is 9.55 Å². The molecule has 0 saturated heterocycles. The summed E-state index contributed by atoms with van der Waals surface area (Å²) in [7, 11) is -3.86. The molecule has 0 aliphatic carbocycles. The maximum atomic E-state index is 12.9. The van der Waals surface area contributed by atoms with Crippen LogP contribution < -0.4 is 16.2 Å². The molecule has 9 heteroatoms. The van der Waals surface area contributed by atoms with Gasteiger partial charge in [-0.15, -0.1) is 0 Å². The maximum absolute atomic E-state index is 12.9. The molecular formula is C23H21N5O3S. The largest absolute Gasteiger partial charge is 0.326 e. The van der Waals surface area contributed by atoms with Crippen molar-refractivity contribution in [1.29, 1.82) is 0 Å². The smallest absolute Gasteiger partial charge is 0.274 e. The lowest BCUT2D eigenvalue weighted by Crippen LogP contribution is -2.16. The molecule has 0 saturated carbocycles. The molecule has 1 amide bonds. The Bertz CT molecular complexity index is 1380. The van der Waals surface area contributed by atoms with Gasteiger partial charge in [-0.05, 0) is 41.5 Å². The van der Waals surface area contributed by atoms with E-state index >= 15 is 0 Å². The topological polar surface area (TPSA) is 133 Å². The summed E-state index contributed by atoms with van der Waals surface area (Å²) in [6, 6.07) is 20.9. The number of imidazole rings is 1. The van der Waals surface area contributed by atoms with Crippen LogP contribution in [0.15, 0.2) is 90.2 Å². The number of hydrogen-bond donors (Lipinski definition) is 3. The first-order chi connectivity index (χ1) is 15.4. The predicted molar refractivity (Wildman–Crippen MR) is 123 cm³/mol. The van der Waals surface area contributed by atoms with E-state index in [0.717, 1.165) is 11.3 Å². The van der Waals surface area contributed by atoms with Gasteiger partial charge in [0.1, 0.15) is 5.69 Å². The van der Waals surface area contributed by atoms with Gasteiger partial charge in [0.15, 0.2) is 0 Å². The summed E-state index contributed by atoms with van der Waals surface area (Å²) in [5.74, 6) is -0.335. The highest BCUT2D eigenvalue weighted by atomic mass is 32.2. The van der Waals surface area contributed by atoms with E-state index in [9.17, 15) is 13.2 Å². The first-order valence-electron chi connectivity index (χ1n) is 9.72. The van der Waals surface area contributed by atoms with E-state index < -0.39 is 10.0 Å². The van der Waals surface area contributed by atoms with E-state index in [1.54, 1.807) is 53.4 Å². The Morgan fingerprint density at radius 1 is 1.00 bits per heavy atom. The maximum Gasteiger partial charge on any atom is 0.274 e. The third-order valence-corrected chi connectivity index (χ3v) is 5.91. The summed E-state index contributed by atoms with van der Waals surface area (Å²) >= 11 is 0. The second kappa shape index (κ2) is 8.75. The average Bonchev–Trinajstić information content (AvgIpc) is 3.29. The van der Waals surface area contributed by atoms with Gasteiger partial charge in [0.2, 0.25) is 10.0 Å². The highest BCUT2D eigenvalue weighted by molar-refractivity contribution is 7.89. The van der Waals surface area contributed by atoms with Gasteiger partial charge in [0.05, 0.1) is 17.4 Å². The Hall–Kier alpha value is -3.79. The van der Waals surface area contributed by atoms with E-state index in [1.807, 2.05) is 24.3 Å². The van der Waals surface area contributed by atoms with Crippen LogP contribution in [0.5, 0.6) is 0 Å². The van der Waals surface area contributed by atoms with Gasteiger partial charge in [-0.3, -0.25) is 9.36 Å². The molecule has 8 nitrogen and oxygen atoms in total. The summed E-state index contributed by atoms with van der Waals surface area (Å²) < 4.78 is 25.4. The van der Waals surface area contributed by atoms with Crippen molar-refractivity contribution >= 4 is 21.6 Å². The molecule has 1 heterocycles. The van der Waals surface area contributed by atoms with Crippen LogP contribution in [0.4, 0.5) is 5.69 Å². The van der Waals surface area contributed by atoms with Gasteiger partial charge in [0.25, 0.3) is 5.91 Å². The van der Waals surface area contributed by atoms with Crippen LogP contribution in [0.3, 0.4) is 0 Å². The minimum absolute atomic E-state index is 0.0420. The number of nitrogens with zero attached hydrogens (tertiary/aromatic N) is 2. The molecule has 0 bridgehead atoms. The Kier molecular flexibility index (Phi) is 5.87. The van der Waals surface area contributed by atoms with Crippen molar-refractivity contribution in [2.24, 2.45) is 10.9 Å². The molecule has 32 heavy (non-hydrogen) atoms. The summed E-state index contributed by atoms with van der Waals surface area (Å²) in [6.07, 6.45) is 3.05. The van der Waals surface area contributed by atoms with Crippen LogP contribution >= 0.6 is 0 Å². The van der Waals surface area contributed by atoms with Crippen molar-refractivity contribution in [3.05, 3.63) is 96.6 Å². The second-order valence-corrected chi connectivity index (χ2v) is 8.63. The number of benzene rings is 3. The highest BCUT2D eigenvalue weighted by Gasteiger charge is 2.16. The fraction of sp³-hybridized carbons (Fsp3) is 0.0435. The molecule has 0 atom stereocenters. The number of anilines is 1. The van der Waals surface area contributed by atoms with Crippen molar-refractivity contribution in [2.75, 3.05) is 5.32 Å². The monoisotopic (exact) mass is 447 g/mol. The minimum Gasteiger partial charge on any atom is -0.326 e. The molecule has 0 aliphatic rings. The van der Waals surface area contributed by atoms with Crippen molar-refractivity contribution in [2.45, 2.75) is 11.4 Å².